The molecule has 1 heterocycles. The third-order valence-electron chi connectivity index (χ3n) is 3.36. The average molecular weight is 267 g/mol. The van der Waals surface area contributed by atoms with Gasteiger partial charge in [-0.25, -0.2) is 0 Å². The fourth-order valence-electron chi connectivity index (χ4n) is 2.27. The van der Waals surface area contributed by atoms with E-state index in [-0.39, 0.29) is 6.04 Å². The van der Waals surface area contributed by atoms with Crippen LogP contribution in [-0.2, 0) is 6.54 Å². The van der Waals surface area contributed by atoms with Crippen LogP contribution in [0.3, 0.4) is 0 Å². The number of aromatic nitrogens is 2. The first-order valence-corrected chi connectivity index (χ1v) is 7.15. The molecule has 1 rings (SSSR count). The zero-order chi connectivity index (χ0) is 14.3. The first-order valence-electron chi connectivity index (χ1n) is 7.15. The fourth-order valence-corrected chi connectivity index (χ4v) is 2.27. The van der Waals surface area contributed by atoms with Crippen LogP contribution in [0.2, 0.25) is 0 Å². The number of aryl methyl sites for hydroxylation is 1. The number of hydrogen-bond donors (Lipinski definition) is 1. The normalized spacial score (nSPS) is 13.4. The number of rotatable bonds is 9. The maximum atomic E-state index is 5.93. The minimum atomic E-state index is 0.271. The minimum Gasteiger partial charge on any atom is -0.329 e. The molecule has 1 unspecified atom stereocenters. The molecule has 0 radical (unpaired) electrons. The minimum absolute atomic E-state index is 0.271. The van der Waals surface area contributed by atoms with Crippen molar-refractivity contribution in [2.75, 3.05) is 40.8 Å². The second kappa shape index (κ2) is 8.30. The van der Waals surface area contributed by atoms with E-state index in [4.69, 9.17) is 5.73 Å². The molecule has 0 bridgehead atoms. The molecule has 1 atom stereocenters. The average Bonchev–Trinajstić information content (AvgIpc) is 2.78. The Morgan fingerprint density at radius 2 is 2.05 bits per heavy atom. The molecule has 0 aliphatic heterocycles. The molecule has 0 amide bonds. The summed E-state index contributed by atoms with van der Waals surface area (Å²) in [6.07, 6.45) is 6.34. The smallest absolute Gasteiger partial charge is 0.0538 e. The number of hydrogen-bond acceptors (Lipinski definition) is 4. The summed E-state index contributed by atoms with van der Waals surface area (Å²) in [4.78, 5) is 4.54. The van der Waals surface area contributed by atoms with E-state index >= 15 is 0 Å². The summed E-state index contributed by atoms with van der Waals surface area (Å²) >= 11 is 0. The lowest BCUT2D eigenvalue weighted by atomic mass is 10.1. The van der Waals surface area contributed by atoms with Crippen molar-refractivity contribution < 1.29 is 0 Å². The summed E-state index contributed by atoms with van der Waals surface area (Å²) in [7, 11) is 6.36. The van der Waals surface area contributed by atoms with Crippen molar-refractivity contribution in [3.8, 4) is 0 Å². The molecule has 110 valence electrons. The Morgan fingerprint density at radius 1 is 1.32 bits per heavy atom. The zero-order valence-corrected chi connectivity index (χ0v) is 12.8. The summed E-state index contributed by atoms with van der Waals surface area (Å²) in [6, 6.07) is 0.271. The van der Waals surface area contributed by atoms with Gasteiger partial charge in [0.1, 0.15) is 0 Å². The van der Waals surface area contributed by atoms with E-state index in [1.54, 1.807) is 0 Å². The van der Waals surface area contributed by atoms with E-state index in [1.165, 1.54) is 5.56 Å². The molecule has 1 aromatic rings. The largest absolute Gasteiger partial charge is 0.329 e. The quantitative estimate of drug-likeness (QED) is 0.730. The van der Waals surface area contributed by atoms with E-state index in [9.17, 15) is 0 Å². The van der Waals surface area contributed by atoms with Gasteiger partial charge >= 0.3 is 0 Å². The van der Waals surface area contributed by atoms with Crippen LogP contribution in [0.4, 0.5) is 0 Å². The van der Waals surface area contributed by atoms with Gasteiger partial charge in [0.15, 0.2) is 0 Å². The summed E-state index contributed by atoms with van der Waals surface area (Å²) in [5, 5.41) is 4.39. The van der Waals surface area contributed by atoms with Crippen molar-refractivity contribution in [3.05, 3.63) is 18.0 Å². The Labute approximate surface area is 117 Å². The van der Waals surface area contributed by atoms with E-state index in [1.807, 2.05) is 10.9 Å². The van der Waals surface area contributed by atoms with Gasteiger partial charge in [-0.2, -0.15) is 5.10 Å². The topological polar surface area (TPSA) is 50.3 Å². The Morgan fingerprint density at radius 3 is 2.63 bits per heavy atom. The van der Waals surface area contributed by atoms with Gasteiger partial charge in [0, 0.05) is 30.9 Å². The van der Waals surface area contributed by atoms with Gasteiger partial charge in [0.2, 0.25) is 0 Å². The molecule has 0 fully saturated rings. The van der Waals surface area contributed by atoms with Gasteiger partial charge in [-0.1, -0.05) is 6.92 Å². The summed E-state index contributed by atoms with van der Waals surface area (Å²) in [5.74, 6) is 0. The van der Waals surface area contributed by atoms with Crippen molar-refractivity contribution in [2.24, 2.45) is 5.73 Å². The monoisotopic (exact) mass is 267 g/mol. The summed E-state index contributed by atoms with van der Waals surface area (Å²) in [5.41, 5.74) is 7.16. The van der Waals surface area contributed by atoms with Gasteiger partial charge < -0.3 is 10.6 Å². The van der Waals surface area contributed by atoms with Crippen molar-refractivity contribution in [2.45, 2.75) is 32.4 Å². The molecule has 0 saturated heterocycles. The van der Waals surface area contributed by atoms with Crippen LogP contribution < -0.4 is 5.73 Å². The number of nitrogens with zero attached hydrogens (tertiary/aromatic N) is 4. The third-order valence-corrected chi connectivity index (χ3v) is 3.36. The first kappa shape index (κ1) is 16.1. The standard InChI is InChI=1S/C14H29N5/c1-5-7-19-12-13(11-16-19)14(10-15)18(4)9-6-8-17(2)3/h11-12,14H,5-10,15H2,1-4H3. The van der Waals surface area contributed by atoms with E-state index in [0.29, 0.717) is 6.54 Å². The van der Waals surface area contributed by atoms with Gasteiger partial charge in [-0.15, -0.1) is 0 Å². The molecule has 0 saturated carbocycles. The highest BCUT2D eigenvalue weighted by Crippen LogP contribution is 2.17. The van der Waals surface area contributed by atoms with Crippen molar-refractivity contribution >= 4 is 0 Å². The Kier molecular flexibility index (Phi) is 7.05. The highest BCUT2D eigenvalue weighted by Gasteiger charge is 2.16. The summed E-state index contributed by atoms with van der Waals surface area (Å²) < 4.78 is 2.01. The SMILES string of the molecule is CCCn1cc(C(CN)N(C)CCCN(C)C)cn1. The molecule has 5 heteroatoms. The molecule has 5 nitrogen and oxygen atoms in total. The molecule has 19 heavy (non-hydrogen) atoms. The van der Waals surface area contributed by atoms with E-state index < -0.39 is 0 Å². The van der Waals surface area contributed by atoms with Crippen molar-refractivity contribution in [1.82, 2.24) is 19.6 Å². The third kappa shape index (κ3) is 5.30. The van der Waals surface area contributed by atoms with Crippen LogP contribution in [0.25, 0.3) is 0 Å². The maximum Gasteiger partial charge on any atom is 0.0538 e. The molecule has 0 aromatic carbocycles. The van der Waals surface area contributed by atoms with Crippen LogP contribution in [0.5, 0.6) is 0 Å². The van der Waals surface area contributed by atoms with Crippen LogP contribution in [0.15, 0.2) is 12.4 Å². The lowest BCUT2D eigenvalue weighted by Gasteiger charge is -2.26. The predicted octanol–water partition coefficient (Wildman–Crippen LogP) is 1.18. The van der Waals surface area contributed by atoms with Gasteiger partial charge in [-0.3, -0.25) is 9.58 Å². The lowest BCUT2D eigenvalue weighted by molar-refractivity contribution is 0.235. The highest BCUT2D eigenvalue weighted by molar-refractivity contribution is 5.11. The van der Waals surface area contributed by atoms with Gasteiger partial charge in [-0.05, 0) is 47.1 Å². The molecule has 0 spiro atoms. The van der Waals surface area contributed by atoms with Crippen LogP contribution >= 0.6 is 0 Å². The Bertz CT molecular complexity index is 347. The molecule has 0 aliphatic rings. The van der Waals surface area contributed by atoms with Crippen molar-refractivity contribution in [3.63, 3.8) is 0 Å². The highest BCUT2D eigenvalue weighted by atomic mass is 15.3. The Hall–Kier alpha value is -0.910. The molecular formula is C14H29N5. The molecular weight excluding hydrogens is 238 g/mol. The fraction of sp³-hybridized carbons (Fsp3) is 0.786. The van der Waals surface area contributed by atoms with Crippen LogP contribution in [0.1, 0.15) is 31.4 Å². The van der Waals surface area contributed by atoms with E-state index in [0.717, 1.165) is 32.5 Å². The first-order chi connectivity index (χ1) is 9.08. The van der Waals surface area contributed by atoms with E-state index in [2.05, 4.69) is 49.2 Å². The Balaban J connectivity index is 2.54. The second-order valence-corrected chi connectivity index (χ2v) is 5.43. The zero-order valence-electron chi connectivity index (χ0n) is 12.8. The maximum absolute atomic E-state index is 5.93. The molecule has 1 aromatic heterocycles. The van der Waals surface area contributed by atoms with Gasteiger partial charge in [0.05, 0.1) is 6.20 Å². The lowest BCUT2D eigenvalue weighted by Crippen LogP contribution is -2.32. The molecule has 2 N–H and O–H groups in total. The van der Waals surface area contributed by atoms with Crippen LogP contribution in [-0.4, -0.2) is 60.4 Å². The summed E-state index contributed by atoms with van der Waals surface area (Å²) in [6.45, 7) is 5.93. The van der Waals surface area contributed by atoms with Gasteiger partial charge in [0.25, 0.3) is 0 Å². The number of likely N-dealkylation sites (N-methyl/N-ethyl adjacent to an activating group) is 1. The predicted molar refractivity (Wildman–Crippen MR) is 80.1 cm³/mol. The van der Waals surface area contributed by atoms with Crippen LogP contribution in [0, 0.1) is 0 Å². The van der Waals surface area contributed by atoms with Crippen molar-refractivity contribution in [1.29, 1.82) is 0 Å². The number of nitrogens with two attached hydrogens (primary N) is 1. The molecule has 0 aliphatic carbocycles. The second-order valence-electron chi connectivity index (χ2n) is 5.43.